The van der Waals surface area contributed by atoms with Gasteiger partial charge in [0, 0.05) is 43.5 Å². The zero-order valence-electron chi connectivity index (χ0n) is 17.4. The average Bonchev–Trinajstić information content (AvgIpc) is 3.22. The standard InChI is InChI=1S/C25H30N2O2/c1-3-24(27-9-12-28-13-10-27)19-4-6-22-21(15-19)16-26(2)17-23(22)18-5-7-25-20(14-18)8-11-29-25/h4-8,11,14-15,23-24H,3,9-10,12-13,16-17H2,1-2H3. The van der Waals surface area contributed by atoms with Gasteiger partial charge < -0.3 is 14.1 Å². The highest BCUT2D eigenvalue weighted by Crippen LogP contribution is 2.37. The van der Waals surface area contributed by atoms with Crippen LogP contribution in [0.1, 0.15) is 47.6 Å². The molecule has 0 bridgehead atoms. The molecule has 3 aromatic rings. The number of benzene rings is 2. The molecule has 4 nitrogen and oxygen atoms in total. The quantitative estimate of drug-likeness (QED) is 0.640. The van der Waals surface area contributed by atoms with Crippen LogP contribution in [0.4, 0.5) is 0 Å². The number of fused-ring (bicyclic) bond motifs is 2. The molecule has 1 saturated heterocycles. The molecule has 29 heavy (non-hydrogen) atoms. The SMILES string of the molecule is CCC(c1ccc2c(c1)CN(C)CC2c1ccc2occc2c1)N1CCOCC1. The molecule has 152 valence electrons. The van der Waals surface area contributed by atoms with E-state index in [4.69, 9.17) is 9.15 Å². The van der Waals surface area contributed by atoms with Crippen molar-refractivity contribution in [2.45, 2.75) is 31.8 Å². The topological polar surface area (TPSA) is 28.9 Å². The van der Waals surface area contributed by atoms with E-state index in [1.165, 1.54) is 27.6 Å². The van der Waals surface area contributed by atoms with Gasteiger partial charge in [-0.2, -0.15) is 0 Å². The van der Waals surface area contributed by atoms with Gasteiger partial charge in [-0.3, -0.25) is 4.90 Å². The Labute approximate surface area is 173 Å². The summed E-state index contributed by atoms with van der Waals surface area (Å²) in [4.78, 5) is 5.04. The third-order valence-electron chi connectivity index (χ3n) is 6.61. The minimum Gasteiger partial charge on any atom is -0.464 e. The van der Waals surface area contributed by atoms with E-state index in [0.717, 1.165) is 51.4 Å². The van der Waals surface area contributed by atoms with E-state index in [-0.39, 0.29) is 0 Å². The molecule has 2 aromatic carbocycles. The Morgan fingerprint density at radius 3 is 2.76 bits per heavy atom. The zero-order valence-corrected chi connectivity index (χ0v) is 17.4. The van der Waals surface area contributed by atoms with Crippen molar-refractivity contribution in [3.05, 3.63) is 71.0 Å². The minimum absolute atomic E-state index is 0.403. The zero-order chi connectivity index (χ0) is 19.8. The highest BCUT2D eigenvalue weighted by Gasteiger charge is 2.27. The Morgan fingerprint density at radius 1 is 1.07 bits per heavy atom. The molecule has 1 aromatic heterocycles. The molecule has 2 aliphatic rings. The number of hydrogen-bond donors (Lipinski definition) is 0. The van der Waals surface area contributed by atoms with E-state index >= 15 is 0 Å². The Hall–Kier alpha value is -2.14. The van der Waals surface area contributed by atoms with Gasteiger partial charge in [0.2, 0.25) is 0 Å². The van der Waals surface area contributed by atoms with Crippen molar-refractivity contribution >= 4 is 11.0 Å². The number of rotatable bonds is 4. The maximum atomic E-state index is 5.57. The van der Waals surface area contributed by atoms with Crippen LogP contribution in [0, 0.1) is 0 Å². The largest absolute Gasteiger partial charge is 0.464 e. The van der Waals surface area contributed by atoms with E-state index in [0.29, 0.717) is 12.0 Å². The summed E-state index contributed by atoms with van der Waals surface area (Å²) in [6, 6.07) is 16.4. The highest BCUT2D eigenvalue weighted by atomic mass is 16.5. The van der Waals surface area contributed by atoms with Gasteiger partial charge in [0.25, 0.3) is 0 Å². The van der Waals surface area contributed by atoms with Crippen LogP contribution in [0.5, 0.6) is 0 Å². The number of hydrogen-bond acceptors (Lipinski definition) is 4. The summed E-state index contributed by atoms with van der Waals surface area (Å²) in [5, 5.41) is 1.19. The lowest BCUT2D eigenvalue weighted by Crippen LogP contribution is -2.39. The van der Waals surface area contributed by atoms with Crippen LogP contribution in [0.2, 0.25) is 0 Å². The highest BCUT2D eigenvalue weighted by molar-refractivity contribution is 5.78. The van der Waals surface area contributed by atoms with Crippen molar-refractivity contribution in [2.24, 2.45) is 0 Å². The molecule has 0 saturated carbocycles. The molecular weight excluding hydrogens is 360 g/mol. The second-order valence-electron chi connectivity index (χ2n) is 8.50. The van der Waals surface area contributed by atoms with Crippen molar-refractivity contribution in [1.29, 1.82) is 0 Å². The molecule has 0 amide bonds. The smallest absolute Gasteiger partial charge is 0.133 e. The van der Waals surface area contributed by atoms with Crippen LogP contribution in [0.15, 0.2) is 53.1 Å². The molecule has 0 spiro atoms. The van der Waals surface area contributed by atoms with Crippen molar-refractivity contribution in [3.63, 3.8) is 0 Å². The summed E-state index contributed by atoms with van der Waals surface area (Å²) in [5.41, 5.74) is 6.74. The van der Waals surface area contributed by atoms with Gasteiger partial charge >= 0.3 is 0 Å². The minimum atomic E-state index is 0.403. The lowest BCUT2D eigenvalue weighted by Gasteiger charge is -2.36. The second kappa shape index (κ2) is 7.94. The fourth-order valence-corrected chi connectivity index (χ4v) is 5.16. The van der Waals surface area contributed by atoms with Crippen molar-refractivity contribution in [1.82, 2.24) is 9.80 Å². The number of ether oxygens (including phenoxy) is 1. The first kappa shape index (κ1) is 18.9. The molecule has 1 fully saturated rings. The molecule has 3 heterocycles. The lowest BCUT2D eigenvalue weighted by molar-refractivity contribution is 0.0152. The van der Waals surface area contributed by atoms with E-state index < -0.39 is 0 Å². The lowest BCUT2D eigenvalue weighted by atomic mass is 9.83. The van der Waals surface area contributed by atoms with Crippen LogP contribution >= 0.6 is 0 Å². The Bertz CT molecular complexity index is 989. The normalized spacial score (nSPS) is 21.9. The molecule has 2 unspecified atom stereocenters. The number of likely N-dealkylation sites (N-methyl/N-ethyl adjacent to an activating group) is 1. The summed E-state index contributed by atoms with van der Waals surface area (Å²) < 4.78 is 11.1. The molecule has 2 aliphatic heterocycles. The molecule has 0 N–H and O–H groups in total. The van der Waals surface area contributed by atoms with E-state index in [9.17, 15) is 0 Å². The van der Waals surface area contributed by atoms with Crippen LogP contribution in [-0.4, -0.2) is 49.7 Å². The van der Waals surface area contributed by atoms with Crippen molar-refractivity contribution in [2.75, 3.05) is 39.9 Å². The predicted molar refractivity (Wildman–Crippen MR) is 116 cm³/mol. The first-order valence-corrected chi connectivity index (χ1v) is 10.8. The van der Waals surface area contributed by atoms with Crippen LogP contribution in [0.3, 0.4) is 0 Å². The fraction of sp³-hybridized carbons (Fsp3) is 0.440. The van der Waals surface area contributed by atoms with Gasteiger partial charge in [0.15, 0.2) is 0 Å². The van der Waals surface area contributed by atoms with Crippen molar-refractivity contribution in [3.8, 4) is 0 Å². The van der Waals surface area contributed by atoms with Gasteiger partial charge in [-0.15, -0.1) is 0 Å². The predicted octanol–water partition coefficient (Wildman–Crippen LogP) is 4.79. The average molecular weight is 391 g/mol. The van der Waals surface area contributed by atoms with E-state index in [2.05, 4.69) is 66.2 Å². The summed E-state index contributed by atoms with van der Waals surface area (Å²) >= 11 is 0. The monoisotopic (exact) mass is 390 g/mol. The van der Waals surface area contributed by atoms with E-state index in [1.807, 2.05) is 0 Å². The van der Waals surface area contributed by atoms with Gasteiger partial charge in [-0.25, -0.2) is 0 Å². The van der Waals surface area contributed by atoms with Crippen LogP contribution < -0.4 is 0 Å². The maximum Gasteiger partial charge on any atom is 0.133 e. The Kier molecular flexibility index (Phi) is 5.17. The van der Waals surface area contributed by atoms with Crippen LogP contribution in [-0.2, 0) is 11.3 Å². The summed E-state index contributed by atoms with van der Waals surface area (Å²) in [5.74, 6) is 0.403. The van der Waals surface area contributed by atoms with Gasteiger partial charge in [0.05, 0.1) is 19.5 Å². The molecular formula is C25H30N2O2. The molecule has 2 atom stereocenters. The number of nitrogens with zero attached hydrogens (tertiary/aromatic N) is 2. The Balaban J connectivity index is 1.49. The van der Waals surface area contributed by atoms with Crippen molar-refractivity contribution < 1.29 is 9.15 Å². The fourth-order valence-electron chi connectivity index (χ4n) is 5.16. The summed E-state index contributed by atoms with van der Waals surface area (Å²) in [6.45, 7) is 8.13. The van der Waals surface area contributed by atoms with Crippen LogP contribution in [0.25, 0.3) is 11.0 Å². The number of morpholine rings is 1. The second-order valence-corrected chi connectivity index (χ2v) is 8.50. The molecule has 5 rings (SSSR count). The Morgan fingerprint density at radius 2 is 1.93 bits per heavy atom. The van der Waals surface area contributed by atoms with Gasteiger partial charge in [-0.05, 0) is 53.9 Å². The third-order valence-corrected chi connectivity index (χ3v) is 6.61. The first-order chi connectivity index (χ1) is 14.2. The maximum absolute atomic E-state index is 5.57. The van der Waals surface area contributed by atoms with Gasteiger partial charge in [0.1, 0.15) is 5.58 Å². The number of furan rings is 1. The third kappa shape index (κ3) is 3.61. The van der Waals surface area contributed by atoms with E-state index in [1.54, 1.807) is 6.26 Å². The summed E-state index contributed by atoms with van der Waals surface area (Å²) in [6.07, 6.45) is 2.91. The molecule has 4 heteroatoms. The molecule has 0 aliphatic carbocycles. The molecule has 0 radical (unpaired) electrons. The summed E-state index contributed by atoms with van der Waals surface area (Å²) in [7, 11) is 2.23. The first-order valence-electron chi connectivity index (χ1n) is 10.8. The van der Waals surface area contributed by atoms with Gasteiger partial charge in [-0.1, -0.05) is 31.2 Å².